The van der Waals surface area contributed by atoms with Crippen molar-refractivity contribution in [3.8, 4) is 0 Å². The summed E-state index contributed by atoms with van der Waals surface area (Å²) in [4.78, 5) is 11.1. The van der Waals surface area contributed by atoms with E-state index in [1.807, 2.05) is 0 Å². The molecule has 0 aromatic heterocycles. The van der Waals surface area contributed by atoms with Crippen LogP contribution in [-0.2, 0) is 19.6 Å². The number of carbonyl (C=O) groups excluding carboxylic acids is 1. The van der Waals surface area contributed by atoms with Gasteiger partial charge in [0.25, 0.3) is 0 Å². The largest absolute Gasteiger partial charge is 0.468 e. The second kappa shape index (κ2) is 4.46. The fraction of sp³-hybridized carbons (Fsp3) is 0.875. The van der Waals surface area contributed by atoms with E-state index in [9.17, 15) is 13.2 Å². The SMILES string of the molecule is COC(=O)C(C)S(=O)(=O)N1CC[C@@H](N)C1. The van der Waals surface area contributed by atoms with E-state index in [1.165, 1.54) is 18.3 Å². The van der Waals surface area contributed by atoms with Crippen LogP contribution in [0.1, 0.15) is 13.3 Å². The number of sulfonamides is 1. The van der Waals surface area contributed by atoms with E-state index in [2.05, 4.69) is 4.74 Å². The van der Waals surface area contributed by atoms with Crippen LogP contribution in [0.2, 0.25) is 0 Å². The highest BCUT2D eigenvalue weighted by Gasteiger charge is 2.37. The zero-order valence-electron chi connectivity index (χ0n) is 8.84. The van der Waals surface area contributed by atoms with Gasteiger partial charge in [-0.3, -0.25) is 4.79 Å². The number of hydrogen-bond donors (Lipinski definition) is 1. The highest BCUT2D eigenvalue weighted by atomic mass is 32.2. The Labute approximate surface area is 89.4 Å². The number of rotatable bonds is 3. The second-order valence-corrected chi connectivity index (χ2v) is 5.87. The van der Waals surface area contributed by atoms with Crippen molar-refractivity contribution in [3.05, 3.63) is 0 Å². The Balaban J connectivity index is 2.79. The van der Waals surface area contributed by atoms with Gasteiger partial charge in [0.1, 0.15) is 0 Å². The summed E-state index contributed by atoms with van der Waals surface area (Å²) in [6.07, 6.45) is 0.632. The first kappa shape index (κ1) is 12.4. The molecule has 0 aromatic rings. The van der Waals surface area contributed by atoms with Crippen molar-refractivity contribution in [2.45, 2.75) is 24.6 Å². The lowest BCUT2D eigenvalue weighted by atomic mass is 10.3. The third-order valence-electron chi connectivity index (χ3n) is 2.53. The molecule has 2 atom stereocenters. The lowest BCUT2D eigenvalue weighted by Crippen LogP contribution is -2.41. The quantitative estimate of drug-likeness (QED) is 0.629. The zero-order chi connectivity index (χ0) is 11.6. The first-order chi connectivity index (χ1) is 6.89. The van der Waals surface area contributed by atoms with E-state index in [4.69, 9.17) is 5.73 Å². The Morgan fingerprint density at radius 3 is 2.60 bits per heavy atom. The predicted molar refractivity (Wildman–Crippen MR) is 54.6 cm³/mol. The van der Waals surface area contributed by atoms with Crippen LogP contribution in [0.3, 0.4) is 0 Å². The van der Waals surface area contributed by atoms with Crippen molar-refractivity contribution < 1.29 is 17.9 Å². The fourth-order valence-corrected chi connectivity index (χ4v) is 3.04. The van der Waals surface area contributed by atoms with Gasteiger partial charge in [0.05, 0.1) is 7.11 Å². The maximum atomic E-state index is 11.8. The maximum absolute atomic E-state index is 11.8. The lowest BCUT2D eigenvalue weighted by Gasteiger charge is -2.19. The van der Waals surface area contributed by atoms with Gasteiger partial charge in [0.2, 0.25) is 10.0 Å². The number of nitrogens with two attached hydrogens (primary N) is 1. The number of methoxy groups -OCH3 is 1. The Hall–Kier alpha value is -0.660. The number of hydrogen-bond acceptors (Lipinski definition) is 5. The van der Waals surface area contributed by atoms with Gasteiger partial charge in [0, 0.05) is 19.1 Å². The molecule has 1 aliphatic heterocycles. The maximum Gasteiger partial charge on any atom is 0.325 e. The molecule has 0 aromatic carbocycles. The summed E-state index contributed by atoms with van der Waals surface area (Å²) in [7, 11) is -2.43. The molecule has 7 heteroatoms. The van der Waals surface area contributed by atoms with Gasteiger partial charge in [-0.25, -0.2) is 8.42 Å². The van der Waals surface area contributed by atoms with Gasteiger partial charge in [-0.15, -0.1) is 0 Å². The number of nitrogens with zero attached hydrogens (tertiary/aromatic N) is 1. The molecule has 88 valence electrons. The number of esters is 1. The predicted octanol–water partition coefficient (Wildman–Crippen LogP) is -1.09. The van der Waals surface area contributed by atoms with E-state index in [-0.39, 0.29) is 12.6 Å². The molecule has 0 saturated carbocycles. The molecule has 1 unspecified atom stereocenters. The summed E-state index contributed by atoms with van der Waals surface area (Å²) in [6, 6.07) is -0.135. The third-order valence-corrected chi connectivity index (χ3v) is 4.66. The van der Waals surface area contributed by atoms with Crippen molar-refractivity contribution >= 4 is 16.0 Å². The first-order valence-corrected chi connectivity index (χ1v) is 6.22. The van der Waals surface area contributed by atoms with Crippen LogP contribution in [0.25, 0.3) is 0 Å². The van der Waals surface area contributed by atoms with E-state index in [0.717, 1.165) is 0 Å². The Bertz CT molecular complexity index is 341. The van der Waals surface area contributed by atoms with Crippen molar-refractivity contribution in [1.82, 2.24) is 4.31 Å². The molecule has 1 heterocycles. The molecule has 1 saturated heterocycles. The monoisotopic (exact) mass is 236 g/mol. The molecular weight excluding hydrogens is 220 g/mol. The molecule has 1 rings (SSSR count). The molecule has 0 aliphatic carbocycles. The molecule has 1 aliphatic rings. The minimum Gasteiger partial charge on any atom is -0.468 e. The van der Waals surface area contributed by atoms with Gasteiger partial charge in [-0.2, -0.15) is 4.31 Å². The molecule has 2 N–H and O–H groups in total. The molecular formula is C8H16N2O4S. The highest BCUT2D eigenvalue weighted by Crippen LogP contribution is 2.16. The second-order valence-electron chi connectivity index (χ2n) is 3.62. The van der Waals surface area contributed by atoms with E-state index in [0.29, 0.717) is 13.0 Å². The smallest absolute Gasteiger partial charge is 0.325 e. The van der Waals surface area contributed by atoms with Gasteiger partial charge >= 0.3 is 5.97 Å². The Kier molecular flexibility index (Phi) is 3.69. The molecule has 0 amide bonds. The van der Waals surface area contributed by atoms with Crippen LogP contribution in [0, 0.1) is 0 Å². The Morgan fingerprint density at radius 2 is 2.20 bits per heavy atom. The van der Waals surface area contributed by atoms with Crippen molar-refractivity contribution in [3.63, 3.8) is 0 Å². The highest BCUT2D eigenvalue weighted by molar-refractivity contribution is 7.90. The fourth-order valence-electron chi connectivity index (χ4n) is 1.50. The van der Waals surface area contributed by atoms with Crippen LogP contribution >= 0.6 is 0 Å². The standard InChI is InChI=1S/C8H16N2O4S/c1-6(8(11)14-2)15(12,13)10-4-3-7(9)5-10/h6-7H,3-5,9H2,1-2H3/t6?,7-/m1/s1. The van der Waals surface area contributed by atoms with Gasteiger partial charge in [0.15, 0.2) is 5.25 Å². The summed E-state index contributed by atoms with van der Waals surface area (Å²) >= 11 is 0. The van der Waals surface area contributed by atoms with Gasteiger partial charge < -0.3 is 10.5 Å². The molecule has 0 radical (unpaired) electrons. The summed E-state index contributed by atoms with van der Waals surface area (Å²) in [5, 5.41) is -1.16. The van der Waals surface area contributed by atoms with Crippen LogP contribution in [0.15, 0.2) is 0 Å². The number of carbonyl (C=O) groups is 1. The summed E-state index contributed by atoms with van der Waals surface area (Å²) < 4.78 is 29.4. The topological polar surface area (TPSA) is 89.7 Å². The van der Waals surface area contributed by atoms with Crippen LogP contribution in [-0.4, -0.2) is 50.2 Å². The minimum absolute atomic E-state index is 0.135. The number of ether oxygens (including phenoxy) is 1. The normalized spacial score (nSPS) is 25.1. The van der Waals surface area contributed by atoms with Crippen LogP contribution < -0.4 is 5.73 Å². The van der Waals surface area contributed by atoms with Gasteiger partial charge in [-0.1, -0.05) is 0 Å². The van der Waals surface area contributed by atoms with E-state index < -0.39 is 21.2 Å². The average molecular weight is 236 g/mol. The molecule has 6 nitrogen and oxygen atoms in total. The molecule has 1 fully saturated rings. The minimum atomic E-state index is -3.60. The van der Waals surface area contributed by atoms with Crippen LogP contribution in [0.4, 0.5) is 0 Å². The van der Waals surface area contributed by atoms with Gasteiger partial charge in [-0.05, 0) is 13.3 Å². The molecule has 0 bridgehead atoms. The summed E-state index contributed by atoms with van der Waals surface area (Å²) in [6.45, 7) is 1.99. The molecule has 15 heavy (non-hydrogen) atoms. The summed E-state index contributed by atoms with van der Waals surface area (Å²) in [5.41, 5.74) is 5.61. The van der Waals surface area contributed by atoms with Crippen LogP contribution in [0.5, 0.6) is 0 Å². The van der Waals surface area contributed by atoms with E-state index in [1.54, 1.807) is 0 Å². The zero-order valence-corrected chi connectivity index (χ0v) is 9.66. The first-order valence-electron chi connectivity index (χ1n) is 4.72. The van der Waals surface area contributed by atoms with Crippen molar-refractivity contribution in [1.29, 1.82) is 0 Å². The average Bonchev–Trinajstić information content (AvgIpc) is 2.63. The third kappa shape index (κ3) is 2.47. The van der Waals surface area contributed by atoms with E-state index >= 15 is 0 Å². The molecule has 0 spiro atoms. The van der Waals surface area contributed by atoms with Crippen molar-refractivity contribution in [2.75, 3.05) is 20.2 Å². The Morgan fingerprint density at radius 1 is 1.60 bits per heavy atom. The van der Waals surface area contributed by atoms with Crippen molar-refractivity contribution in [2.24, 2.45) is 5.73 Å². The lowest BCUT2D eigenvalue weighted by molar-refractivity contribution is -0.139. The summed E-state index contributed by atoms with van der Waals surface area (Å²) in [5.74, 6) is -0.740.